The third-order valence-electron chi connectivity index (χ3n) is 3.38. The molecule has 94 valence electrons. The number of rotatable bonds is 3. The topological polar surface area (TPSA) is 49.5 Å². The maximum absolute atomic E-state index is 9.88. The van der Waals surface area contributed by atoms with Crippen molar-refractivity contribution in [1.82, 2.24) is 4.90 Å². The normalized spacial score (nSPS) is 19.7. The van der Waals surface area contributed by atoms with Gasteiger partial charge >= 0.3 is 0 Å². The van der Waals surface area contributed by atoms with E-state index in [1.807, 2.05) is 19.9 Å². The van der Waals surface area contributed by atoms with Crippen molar-refractivity contribution >= 4 is 5.69 Å². The molecule has 0 radical (unpaired) electrons. The van der Waals surface area contributed by atoms with E-state index in [1.165, 1.54) is 11.1 Å². The number of nitrogens with two attached hydrogens (primary N) is 1. The van der Waals surface area contributed by atoms with E-state index in [0.29, 0.717) is 12.6 Å². The minimum absolute atomic E-state index is 0.414. The number of fused-ring (bicyclic) bond motifs is 1. The molecule has 0 aliphatic heterocycles. The van der Waals surface area contributed by atoms with E-state index in [9.17, 15) is 5.11 Å². The van der Waals surface area contributed by atoms with Crippen molar-refractivity contribution in [1.29, 1.82) is 0 Å². The molecule has 1 atom stereocenters. The third kappa shape index (κ3) is 2.79. The van der Waals surface area contributed by atoms with Gasteiger partial charge in [0.1, 0.15) is 0 Å². The Morgan fingerprint density at radius 1 is 1.47 bits per heavy atom. The molecule has 0 saturated carbocycles. The number of hydrogen-bond acceptors (Lipinski definition) is 3. The third-order valence-corrected chi connectivity index (χ3v) is 3.38. The highest BCUT2D eigenvalue weighted by Gasteiger charge is 2.28. The Hall–Kier alpha value is -1.06. The van der Waals surface area contributed by atoms with Gasteiger partial charge in [-0.1, -0.05) is 6.07 Å². The van der Waals surface area contributed by atoms with Crippen molar-refractivity contribution in [3.63, 3.8) is 0 Å². The molecule has 0 spiro atoms. The summed E-state index contributed by atoms with van der Waals surface area (Å²) in [5, 5.41) is 9.88. The molecule has 0 saturated heterocycles. The summed E-state index contributed by atoms with van der Waals surface area (Å²) < 4.78 is 0. The highest BCUT2D eigenvalue weighted by Crippen LogP contribution is 2.36. The zero-order valence-corrected chi connectivity index (χ0v) is 10.9. The quantitative estimate of drug-likeness (QED) is 0.786. The minimum atomic E-state index is -0.648. The van der Waals surface area contributed by atoms with E-state index < -0.39 is 5.60 Å². The first-order valence-corrected chi connectivity index (χ1v) is 6.18. The molecule has 2 rings (SSSR count). The molecular weight excluding hydrogens is 212 g/mol. The highest BCUT2D eigenvalue weighted by molar-refractivity contribution is 5.47. The largest absolute Gasteiger partial charge is 0.399 e. The van der Waals surface area contributed by atoms with Gasteiger partial charge in [0.25, 0.3) is 0 Å². The molecule has 17 heavy (non-hydrogen) atoms. The van der Waals surface area contributed by atoms with Crippen molar-refractivity contribution in [2.45, 2.75) is 38.3 Å². The van der Waals surface area contributed by atoms with Crippen molar-refractivity contribution < 1.29 is 5.11 Å². The summed E-state index contributed by atoms with van der Waals surface area (Å²) in [6.45, 7) is 4.38. The molecule has 1 unspecified atom stereocenters. The van der Waals surface area contributed by atoms with Gasteiger partial charge in [-0.3, -0.25) is 4.90 Å². The van der Waals surface area contributed by atoms with Crippen LogP contribution < -0.4 is 5.73 Å². The van der Waals surface area contributed by atoms with E-state index >= 15 is 0 Å². The average molecular weight is 234 g/mol. The van der Waals surface area contributed by atoms with E-state index in [1.54, 1.807) is 0 Å². The predicted molar refractivity (Wildman–Crippen MR) is 70.8 cm³/mol. The molecule has 1 aliphatic rings. The Morgan fingerprint density at radius 2 is 2.18 bits per heavy atom. The standard InChI is InChI=1S/C14H22N2O/c1-14(2,17)9-16(3)13-7-4-10-8-11(15)5-6-12(10)13/h5-6,8,13,17H,4,7,9,15H2,1-3H3. The van der Waals surface area contributed by atoms with E-state index in [2.05, 4.69) is 24.1 Å². The lowest BCUT2D eigenvalue weighted by atomic mass is 10.0. The summed E-state index contributed by atoms with van der Waals surface area (Å²) >= 11 is 0. The van der Waals surface area contributed by atoms with Crippen LogP contribution in [0.4, 0.5) is 5.69 Å². The van der Waals surface area contributed by atoms with Crippen molar-refractivity contribution in [2.24, 2.45) is 0 Å². The Balaban J connectivity index is 2.16. The summed E-state index contributed by atoms with van der Waals surface area (Å²) in [6, 6.07) is 6.59. The number of anilines is 1. The van der Waals surface area contributed by atoms with Crippen LogP contribution in [-0.4, -0.2) is 29.2 Å². The molecule has 0 amide bonds. The lowest BCUT2D eigenvalue weighted by molar-refractivity contribution is 0.0311. The number of benzene rings is 1. The SMILES string of the molecule is CN(CC(C)(C)O)C1CCc2cc(N)ccc21. The maximum Gasteiger partial charge on any atom is 0.0718 e. The number of nitrogen functional groups attached to an aromatic ring is 1. The fourth-order valence-electron chi connectivity index (χ4n) is 2.79. The van der Waals surface area contributed by atoms with Crippen LogP contribution in [0.5, 0.6) is 0 Å². The summed E-state index contributed by atoms with van der Waals surface area (Å²) in [6.07, 6.45) is 2.20. The van der Waals surface area contributed by atoms with Crippen molar-refractivity contribution in [3.05, 3.63) is 29.3 Å². The maximum atomic E-state index is 9.88. The second-order valence-corrected chi connectivity index (χ2v) is 5.74. The van der Waals surface area contributed by atoms with Gasteiger partial charge in [-0.05, 0) is 57.0 Å². The van der Waals surface area contributed by atoms with Gasteiger partial charge in [-0.25, -0.2) is 0 Å². The fourth-order valence-corrected chi connectivity index (χ4v) is 2.79. The van der Waals surface area contributed by atoms with Gasteiger partial charge in [0, 0.05) is 18.3 Å². The Labute approximate surface area is 103 Å². The van der Waals surface area contributed by atoms with Crippen LogP contribution in [0.1, 0.15) is 37.4 Å². The molecule has 0 bridgehead atoms. The van der Waals surface area contributed by atoms with Crippen molar-refractivity contribution in [2.75, 3.05) is 19.3 Å². The number of aliphatic hydroxyl groups is 1. The number of likely N-dealkylation sites (N-methyl/N-ethyl adjacent to an activating group) is 1. The fraction of sp³-hybridized carbons (Fsp3) is 0.571. The van der Waals surface area contributed by atoms with Gasteiger partial charge in [0.15, 0.2) is 0 Å². The van der Waals surface area contributed by atoms with Gasteiger partial charge in [0.05, 0.1) is 5.60 Å². The highest BCUT2D eigenvalue weighted by atomic mass is 16.3. The Morgan fingerprint density at radius 3 is 2.82 bits per heavy atom. The van der Waals surface area contributed by atoms with Gasteiger partial charge < -0.3 is 10.8 Å². The second kappa shape index (κ2) is 4.31. The molecule has 0 aromatic heterocycles. The lowest BCUT2D eigenvalue weighted by Crippen LogP contribution is -2.37. The summed E-state index contributed by atoms with van der Waals surface area (Å²) in [5.74, 6) is 0. The monoisotopic (exact) mass is 234 g/mol. The molecule has 1 aliphatic carbocycles. The zero-order valence-electron chi connectivity index (χ0n) is 10.9. The Kier molecular flexibility index (Phi) is 3.15. The van der Waals surface area contributed by atoms with Crippen LogP contribution >= 0.6 is 0 Å². The van der Waals surface area contributed by atoms with Crippen LogP contribution in [0.3, 0.4) is 0 Å². The van der Waals surface area contributed by atoms with Crippen LogP contribution in [-0.2, 0) is 6.42 Å². The summed E-state index contributed by atoms with van der Waals surface area (Å²) in [5.41, 5.74) is 8.72. The molecule has 3 nitrogen and oxygen atoms in total. The van der Waals surface area contributed by atoms with Crippen LogP contribution in [0.2, 0.25) is 0 Å². The lowest BCUT2D eigenvalue weighted by Gasteiger charge is -2.30. The van der Waals surface area contributed by atoms with Crippen molar-refractivity contribution in [3.8, 4) is 0 Å². The second-order valence-electron chi connectivity index (χ2n) is 5.74. The average Bonchev–Trinajstić information content (AvgIpc) is 2.57. The Bertz CT molecular complexity index is 409. The molecule has 1 aromatic carbocycles. The number of hydrogen-bond donors (Lipinski definition) is 2. The van der Waals surface area contributed by atoms with E-state index in [0.717, 1.165) is 18.5 Å². The summed E-state index contributed by atoms with van der Waals surface area (Å²) in [7, 11) is 2.08. The van der Waals surface area contributed by atoms with E-state index in [-0.39, 0.29) is 0 Å². The summed E-state index contributed by atoms with van der Waals surface area (Å²) in [4.78, 5) is 2.24. The van der Waals surface area contributed by atoms with Gasteiger partial charge in [0.2, 0.25) is 0 Å². The van der Waals surface area contributed by atoms with E-state index in [4.69, 9.17) is 5.73 Å². The first kappa shape index (κ1) is 12.4. The number of aryl methyl sites for hydroxylation is 1. The molecule has 0 fully saturated rings. The molecule has 1 aromatic rings. The first-order valence-electron chi connectivity index (χ1n) is 6.18. The van der Waals surface area contributed by atoms with Gasteiger partial charge in [-0.2, -0.15) is 0 Å². The molecule has 0 heterocycles. The molecule has 3 heteroatoms. The minimum Gasteiger partial charge on any atom is -0.399 e. The number of nitrogens with zero attached hydrogens (tertiary/aromatic N) is 1. The van der Waals surface area contributed by atoms with Crippen LogP contribution in [0.25, 0.3) is 0 Å². The van der Waals surface area contributed by atoms with Crippen LogP contribution in [0, 0.1) is 0 Å². The smallest absolute Gasteiger partial charge is 0.0718 e. The zero-order chi connectivity index (χ0) is 12.6. The molecular formula is C14H22N2O. The molecule has 3 N–H and O–H groups in total. The van der Waals surface area contributed by atoms with Crippen LogP contribution in [0.15, 0.2) is 18.2 Å². The first-order chi connectivity index (χ1) is 7.87. The van der Waals surface area contributed by atoms with Gasteiger partial charge in [-0.15, -0.1) is 0 Å². The predicted octanol–water partition coefficient (Wildman–Crippen LogP) is 1.96.